The Morgan fingerprint density at radius 1 is 1.28 bits per heavy atom. The molecule has 0 spiro atoms. The van der Waals surface area contributed by atoms with Gasteiger partial charge in [0, 0.05) is 23.5 Å². The average Bonchev–Trinajstić information content (AvgIpc) is 2.81. The lowest BCUT2D eigenvalue weighted by Gasteiger charge is -2.05. The van der Waals surface area contributed by atoms with Crippen LogP contribution in [-0.4, -0.2) is 15.0 Å². The van der Waals surface area contributed by atoms with Gasteiger partial charge in [-0.25, -0.2) is 9.37 Å². The number of halogens is 1. The van der Waals surface area contributed by atoms with Crippen molar-refractivity contribution in [2.75, 3.05) is 5.32 Å². The van der Waals surface area contributed by atoms with E-state index < -0.39 is 0 Å². The van der Waals surface area contributed by atoms with Crippen molar-refractivity contribution in [1.82, 2.24) is 15.0 Å². The molecule has 0 saturated heterocycles. The summed E-state index contributed by atoms with van der Waals surface area (Å²) in [5.74, 6) is 0.261. The van der Waals surface area contributed by atoms with Crippen molar-refractivity contribution in [3.05, 3.63) is 48.0 Å². The number of rotatable bonds is 2. The summed E-state index contributed by atoms with van der Waals surface area (Å²) in [6.45, 7) is 1.72. The molecule has 0 radical (unpaired) electrons. The van der Waals surface area contributed by atoms with Gasteiger partial charge < -0.3 is 10.3 Å². The number of benzene rings is 1. The van der Waals surface area contributed by atoms with Gasteiger partial charge in [-0.1, -0.05) is 0 Å². The molecule has 0 unspecified atom stereocenters. The summed E-state index contributed by atoms with van der Waals surface area (Å²) in [7, 11) is 0. The first-order chi connectivity index (χ1) is 8.72. The number of H-pyrrole nitrogens is 1. The third-order valence-corrected chi connectivity index (χ3v) is 2.71. The molecule has 0 aliphatic heterocycles. The SMILES string of the molecule is Cc1cc(Nc2ncc3cc[nH]c3n2)ccc1F. The predicted molar refractivity (Wildman–Crippen MR) is 68.3 cm³/mol. The second-order valence-corrected chi connectivity index (χ2v) is 4.06. The Morgan fingerprint density at radius 2 is 2.17 bits per heavy atom. The number of hydrogen-bond donors (Lipinski definition) is 2. The smallest absolute Gasteiger partial charge is 0.229 e. The fourth-order valence-corrected chi connectivity index (χ4v) is 1.75. The maximum atomic E-state index is 13.1. The average molecular weight is 242 g/mol. The fourth-order valence-electron chi connectivity index (χ4n) is 1.75. The van der Waals surface area contributed by atoms with E-state index in [1.165, 1.54) is 6.07 Å². The standard InChI is InChI=1S/C13H11FN4/c1-8-6-10(2-3-11(8)14)17-13-16-7-9-4-5-15-12(9)18-13/h2-7H,1H3,(H2,15,16,17,18). The molecule has 0 atom stereocenters. The Labute approximate surface area is 103 Å². The third-order valence-electron chi connectivity index (χ3n) is 2.71. The van der Waals surface area contributed by atoms with E-state index in [0.717, 1.165) is 16.7 Å². The number of anilines is 2. The van der Waals surface area contributed by atoms with Crippen molar-refractivity contribution in [3.63, 3.8) is 0 Å². The summed E-state index contributed by atoms with van der Waals surface area (Å²) in [6, 6.07) is 6.70. The molecule has 5 heteroatoms. The Hall–Kier alpha value is -2.43. The molecule has 2 heterocycles. The molecular weight excluding hydrogens is 231 g/mol. The van der Waals surface area contributed by atoms with E-state index in [1.807, 2.05) is 12.3 Å². The molecular formula is C13H11FN4. The normalized spacial score (nSPS) is 10.8. The second kappa shape index (κ2) is 4.10. The van der Waals surface area contributed by atoms with Crippen molar-refractivity contribution in [2.45, 2.75) is 6.92 Å². The van der Waals surface area contributed by atoms with Crippen LogP contribution in [0.15, 0.2) is 36.7 Å². The van der Waals surface area contributed by atoms with Crippen LogP contribution in [0.25, 0.3) is 11.0 Å². The molecule has 2 N–H and O–H groups in total. The minimum Gasteiger partial charge on any atom is -0.346 e. The first-order valence-electron chi connectivity index (χ1n) is 5.56. The molecule has 18 heavy (non-hydrogen) atoms. The van der Waals surface area contributed by atoms with Crippen molar-refractivity contribution in [3.8, 4) is 0 Å². The first-order valence-corrected chi connectivity index (χ1v) is 5.56. The maximum absolute atomic E-state index is 13.1. The van der Waals surface area contributed by atoms with Crippen LogP contribution in [0.3, 0.4) is 0 Å². The number of aryl methyl sites for hydroxylation is 1. The highest BCUT2D eigenvalue weighted by Crippen LogP contribution is 2.18. The number of fused-ring (bicyclic) bond motifs is 1. The van der Waals surface area contributed by atoms with Crippen molar-refractivity contribution < 1.29 is 4.39 Å². The van der Waals surface area contributed by atoms with Crippen LogP contribution in [0.1, 0.15) is 5.56 Å². The summed E-state index contributed by atoms with van der Waals surface area (Å²) >= 11 is 0. The highest BCUT2D eigenvalue weighted by molar-refractivity contribution is 5.75. The van der Waals surface area contributed by atoms with Gasteiger partial charge in [0.05, 0.1) is 0 Å². The van der Waals surface area contributed by atoms with Crippen LogP contribution in [0.2, 0.25) is 0 Å². The van der Waals surface area contributed by atoms with E-state index in [2.05, 4.69) is 20.3 Å². The van der Waals surface area contributed by atoms with Crippen LogP contribution < -0.4 is 5.32 Å². The topological polar surface area (TPSA) is 53.6 Å². The van der Waals surface area contributed by atoms with Crippen LogP contribution in [0.4, 0.5) is 16.0 Å². The van der Waals surface area contributed by atoms with Crippen molar-refractivity contribution >= 4 is 22.7 Å². The van der Waals surface area contributed by atoms with Gasteiger partial charge in [-0.3, -0.25) is 0 Å². The largest absolute Gasteiger partial charge is 0.346 e. The zero-order valence-electron chi connectivity index (χ0n) is 9.74. The molecule has 3 rings (SSSR count). The first kappa shape index (κ1) is 10.7. The summed E-state index contributed by atoms with van der Waals surface area (Å²) in [4.78, 5) is 11.5. The molecule has 2 aromatic heterocycles. The van der Waals surface area contributed by atoms with Gasteiger partial charge in [0.2, 0.25) is 5.95 Å². The van der Waals surface area contributed by atoms with E-state index >= 15 is 0 Å². The third kappa shape index (κ3) is 1.90. The predicted octanol–water partition coefficient (Wildman–Crippen LogP) is 3.15. The van der Waals surface area contributed by atoms with E-state index in [0.29, 0.717) is 11.5 Å². The molecule has 1 aromatic carbocycles. The second-order valence-electron chi connectivity index (χ2n) is 4.06. The van der Waals surface area contributed by atoms with Crippen molar-refractivity contribution in [1.29, 1.82) is 0 Å². The molecule has 0 bridgehead atoms. The van der Waals surface area contributed by atoms with Gasteiger partial charge in [0.25, 0.3) is 0 Å². The van der Waals surface area contributed by atoms with E-state index in [1.54, 1.807) is 25.3 Å². The molecule has 0 amide bonds. The lowest BCUT2D eigenvalue weighted by atomic mass is 10.2. The molecule has 0 aliphatic rings. The van der Waals surface area contributed by atoms with E-state index in [4.69, 9.17) is 0 Å². The van der Waals surface area contributed by atoms with Crippen LogP contribution in [0.5, 0.6) is 0 Å². The zero-order chi connectivity index (χ0) is 12.5. The summed E-state index contributed by atoms with van der Waals surface area (Å²) in [6.07, 6.45) is 3.54. The Morgan fingerprint density at radius 3 is 3.00 bits per heavy atom. The number of aromatic nitrogens is 3. The molecule has 0 saturated carbocycles. The zero-order valence-corrected chi connectivity index (χ0v) is 9.74. The Kier molecular flexibility index (Phi) is 2.44. The van der Waals surface area contributed by atoms with Crippen molar-refractivity contribution in [2.24, 2.45) is 0 Å². The van der Waals surface area contributed by atoms with Gasteiger partial charge in [0.1, 0.15) is 11.5 Å². The number of nitrogens with one attached hydrogen (secondary N) is 2. The fraction of sp³-hybridized carbons (Fsp3) is 0.0769. The molecule has 0 aliphatic carbocycles. The van der Waals surface area contributed by atoms with E-state index in [9.17, 15) is 4.39 Å². The number of hydrogen-bond acceptors (Lipinski definition) is 3. The molecule has 3 aromatic rings. The van der Waals surface area contributed by atoms with Crippen LogP contribution in [0, 0.1) is 12.7 Å². The molecule has 90 valence electrons. The lowest BCUT2D eigenvalue weighted by Crippen LogP contribution is -1.97. The minimum absolute atomic E-state index is 0.221. The van der Waals surface area contributed by atoms with Crippen LogP contribution in [-0.2, 0) is 0 Å². The van der Waals surface area contributed by atoms with Gasteiger partial charge in [-0.2, -0.15) is 4.98 Å². The molecule has 0 fully saturated rings. The highest BCUT2D eigenvalue weighted by atomic mass is 19.1. The number of aromatic amines is 1. The highest BCUT2D eigenvalue weighted by Gasteiger charge is 2.03. The van der Waals surface area contributed by atoms with E-state index in [-0.39, 0.29) is 5.82 Å². The minimum atomic E-state index is -0.221. The monoisotopic (exact) mass is 242 g/mol. The quantitative estimate of drug-likeness (QED) is 0.725. The lowest BCUT2D eigenvalue weighted by molar-refractivity contribution is 0.619. The van der Waals surface area contributed by atoms with Gasteiger partial charge in [0.15, 0.2) is 0 Å². The summed E-state index contributed by atoms with van der Waals surface area (Å²) in [5.41, 5.74) is 2.12. The summed E-state index contributed by atoms with van der Waals surface area (Å²) in [5, 5.41) is 4.00. The summed E-state index contributed by atoms with van der Waals surface area (Å²) < 4.78 is 13.1. The maximum Gasteiger partial charge on any atom is 0.229 e. The Balaban J connectivity index is 1.92. The van der Waals surface area contributed by atoms with Gasteiger partial charge in [-0.15, -0.1) is 0 Å². The number of nitrogens with zero attached hydrogens (tertiary/aromatic N) is 2. The Bertz CT molecular complexity index is 705. The van der Waals surface area contributed by atoms with Gasteiger partial charge in [-0.05, 0) is 36.8 Å². The van der Waals surface area contributed by atoms with Gasteiger partial charge >= 0.3 is 0 Å². The molecule has 4 nitrogen and oxygen atoms in total. The van der Waals surface area contributed by atoms with Crippen LogP contribution >= 0.6 is 0 Å².